The van der Waals surface area contributed by atoms with Crippen LogP contribution in [0.4, 0.5) is 5.69 Å². The van der Waals surface area contributed by atoms with Gasteiger partial charge in [-0.3, -0.25) is 10.1 Å². The second-order valence-electron chi connectivity index (χ2n) is 4.72. The molecule has 2 N–H and O–H groups in total. The normalized spacial score (nSPS) is 13.3. The van der Waals surface area contributed by atoms with Gasteiger partial charge in [-0.05, 0) is 40.2 Å². The summed E-state index contributed by atoms with van der Waals surface area (Å²) in [5, 5.41) is 10.6. The first-order valence-electron chi connectivity index (χ1n) is 6.61. The molecule has 0 aromatic heterocycles. The molecule has 0 spiro atoms. The zero-order valence-corrected chi connectivity index (χ0v) is 18.7. The van der Waals surface area contributed by atoms with Gasteiger partial charge in [0, 0.05) is 16.6 Å². The molecule has 0 radical (unpaired) electrons. The molecule has 26 heavy (non-hydrogen) atoms. The van der Waals surface area contributed by atoms with Crippen molar-refractivity contribution in [3.8, 4) is 5.75 Å². The van der Waals surface area contributed by atoms with Crippen molar-refractivity contribution in [2.45, 2.75) is 4.90 Å². The summed E-state index contributed by atoms with van der Waals surface area (Å²) in [6, 6.07) is 10.4. The summed E-state index contributed by atoms with van der Waals surface area (Å²) in [7, 11) is -8.39. The van der Waals surface area contributed by atoms with Crippen molar-refractivity contribution in [2.24, 2.45) is 0 Å². The first kappa shape index (κ1) is 23.3. The molecule has 0 saturated carbocycles. The third-order valence-electron chi connectivity index (χ3n) is 2.88. The molecule has 9 nitrogen and oxygen atoms in total. The van der Waals surface area contributed by atoms with Crippen LogP contribution in [-0.2, 0) is 14.6 Å². The minimum absolute atomic E-state index is 0. The third kappa shape index (κ3) is 6.43. The van der Waals surface area contributed by atoms with Gasteiger partial charge >= 0.3 is 37.2 Å². The molecule has 2 aromatic carbocycles. The Hall–Kier alpha value is -0.780. The number of rotatable bonds is 7. The number of hydrogen-bond donors (Lipinski definition) is 2. The van der Waals surface area contributed by atoms with Gasteiger partial charge in [0.2, 0.25) is 10.0 Å². The van der Waals surface area contributed by atoms with Crippen LogP contribution in [0.3, 0.4) is 0 Å². The van der Waals surface area contributed by atoms with E-state index in [-0.39, 0.29) is 47.3 Å². The quantitative estimate of drug-likeness (QED) is 0.249. The van der Waals surface area contributed by atoms with Crippen LogP contribution in [-0.4, -0.2) is 24.5 Å². The van der Waals surface area contributed by atoms with Crippen LogP contribution in [0.1, 0.15) is 1.43 Å². The second kappa shape index (κ2) is 9.43. The van der Waals surface area contributed by atoms with Crippen LogP contribution < -0.4 is 38.8 Å². The number of nitro benzene ring substituents is 1. The summed E-state index contributed by atoms with van der Waals surface area (Å²) in [5.41, 5.74) is -0.213. The third-order valence-corrected chi connectivity index (χ3v) is 6.56. The van der Waals surface area contributed by atoms with Crippen LogP contribution in [0.2, 0.25) is 0 Å². The van der Waals surface area contributed by atoms with Gasteiger partial charge < -0.3 is 10.8 Å². The smallest absolute Gasteiger partial charge is 1.00 e. The fourth-order valence-electron chi connectivity index (χ4n) is 1.73. The maximum absolute atomic E-state index is 12.2. The molecule has 0 aliphatic heterocycles. The van der Waals surface area contributed by atoms with Crippen molar-refractivity contribution >= 4 is 39.2 Å². The molecule has 1 atom stereocenters. The van der Waals surface area contributed by atoms with Crippen LogP contribution in [0.5, 0.6) is 5.75 Å². The fraction of sp³-hybridized carbons (Fsp3) is 0.0769. The minimum Gasteiger partial charge on any atom is -1.00 e. The molecule has 0 amide bonds. The van der Waals surface area contributed by atoms with Crippen LogP contribution in [0.15, 0.2) is 57.9 Å². The Morgan fingerprint density at radius 2 is 1.81 bits per heavy atom. The maximum atomic E-state index is 12.2. The molecule has 0 fully saturated rings. The van der Waals surface area contributed by atoms with Crippen molar-refractivity contribution in [1.29, 1.82) is 0 Å². The molecule has 0 saturated heterocycles. The summed E-state index contributed by atoms with van der Waals surface area (Å²) in [5.74, 6) is -0.100. The number of nitro groups is 1. The van der Waals surface area contributed by atoms with Gasteiger partial charge in [-0.1, -0.05) is 12.1 Å². The van der Waals surface area contributed by atoms with Gasteiger partial charge in [-0.15, -0.1) is 0 Å². The SMILES string of the molecule is O=[N+]([O-])c1ccc(OP(=O)(O)CNS(=O)(=O)c2ccccc2Br)cc1.[H-].[Na+]. The van der Waals surface area contributed by atoms with Gasteiger partial charge in [0.15, 0.2) is 0 Å². The van der Waals surface area contributed by atoms with Crippen LogP contribution in [0, 0.1) is 10.1 Å². The number of sulfonamides is 1. The van der Waals surface area contributed by atoms with Gasteiger partial charge in [0.05, 0.1) is 9.82 Å². The van der Waals surface area contributed by atoms with Gasteiger partial charge in [-0.25, -0.2) is 13.0 Å². The molecule has 0 heterocycles. The fourth-order valence-corrected chi connectivity index (χ4v) is 5.24. The number of halogens is 1. The zero-order chi connectivity index (χ0) is 18.7. The summed E-state index contributed by atoms with van der Waals surface area (Å²) < 4.78 is 43.5. The summed E-state index contributed by atoms with van der Waals surface area (Å²) in [6.07, 6.45) is -0.867. The van der Waals surface area contributed by atoms with Crippen molar-refractivity contribution in [3.63, 3.8) is 0 Å². The predicted molar refractivity (Wildman–Crippen MR) is 94.0 cm³/mol. The molecular formula is C13H13BrN2NaO7PS. The Balaban J connectivity index is 0.00000338. The van der Waals surface area contributed by atoms with E-state index in [2.05, 4.69) is 15.9 Å². The molecule has 1 unspecified atom stereocenters. The standard InChI is InChI=1S/C13H12BrN2O7PS.Na.H/c14-12-3-1-2-4-13(12)25(21,22)15-9-24(19,20)23-11-7-5-10(6-8-11)16(17)18;;/h1-8,15H,9H2,(H,19,20);;/q;+1;-1. The molecule has 136 valence electrons. The van der Waals surface area contributed by atoms with E-state index in [9.17, 15) is 28.0 Å². The van der Waals surface area contributed by atoms with E-state index in [1.54, 1.807) is 6.07 Å². The van der Waals surface area contributed by atoms with E-state index in [1.807, 2.05) is 4.72 Å². The van der Waals surface area contributed by atoms with Crippen molar-refractivity contribution in [1.82, 2.24) is 4.72 Å². The first-order chi connectivity index (χ1) is 11.6. The average molecular weight is 475 g/mol. The zero-order valence-electron chi connectivity index (χ0n) is 14.4. The molecule has 0 aliphatic rings. The average Bonchev–Trinajstić information content (AvgIpc) is 2.54. The topological polar surface area (TPSA) is 136 Å². The summed E-state index contributed by atoms with van der Waals surface area (Å²) >= 11 is 3.09. The van der Waals surface area contributed by atoms with E-state index < -0.39 is 28.8 Å². The van der Waals surface area contributed by atoms with Crippen LogP contribution >= 0.6 is 23.5 Å². The Morgan fingerprint density at radius 3 is 2.35 bits per heavy atom. The number of nitrogens with zero attached hydrogens (tertiary/aromatic N) is 1. The van der Waals surface area contributed by atoms with Crippen molar-refractivity contribution in [3.05, 3.63) is 63.1 Å². The van der Waals surface area contributed by atoms with Gasteiger partial charge in [0.25, 0.3) is 5.69 Å². The van der Waals surface area contributed by atoms with Crippen LogP contribution in [0.25, 0.3) is 0 Å². The second-order valence-corrected chi connectivity index (χ2v) is 9.08. The maximum Gasteiger partial charge on any atom is 1.00 e. The van der Waals surface area contributed by atoms with Gasteiger partial charge in [-0.2, -0.15) is 4.72 Å². The molecule has 2 aromatic rings. The van der Waals surface area contributed by atoms with Crippen molar-refractivity contribution < 1.29 is 58.3 Å². The molecule has 2 rings (SSSR count). The Kier molecular flexibility index (Phi) is 8.43. The van der Waals surface area contributed by atoms with Gasteiger partial charge in [0.1, 0.15) is 12.0 Å². The summed E-state index contributed by atoms with van der Waals surface area (Å²) in [6.45, 7) is 0. The Labute approximate surface area is 181 Å². The van der Waals surface area contributed by atoms with Crippen molar-refractivity contribution in [2.75, 3.05) is 6.29 Å². The number of non-ortho nitro benzene ring substituents is 1. The molecular weight excluding hydrogens is 462 g/mol. The van der Waals surface area contributed by atoms with E-state index in [0.29, 0.717) is 4.47 Å². The number of benzene rings is 2. The van der Waals surface area contributed by atoms with E-state index in [1.165, 1.54) is 18.2 Å². The Bertz CT molecular complexity index is 946. The van der Waals surface area contributed by atoms with E-state index in [4.69, 9.17) is 4.52 Å². The summed E-state index contributed by atoms with van der Waals surface area (Å²) in [4.78, 5) is 19.6. The van der Waals surface area contributed by atoms with E-state index in [0.717, 1.165) is 24.3 Å². The predicted octanol–water partition coefficient (Wildman–Crippen LogP) is -0.0260. The number of hydrogen-bond acceptors (Lipinski definition) is 6. The number of nitrogens with one attached hydrogen (secondary N) is 1. The Morgan fingerprint density at radius 1 is 1.23 bits per heavy atom. The molecule has 0 aliphatic carbocycles. The van der Waals surface area contributed by atoms with E-state index >= 15 is 0 Å². The molecule has 13 heteroatoms. The monoisotopic (exact) mass is 474 g/mol. The first-order valence-corrected chi connectivity index (χ1v) is 10.6. The largest absolute Gasteiger partial charge is 1.00 e. The molecule has 0 bridgehead atoms. The minimum atomic E-state index is -4.36.